The molecule has 0 atom stereocenters. The smallest absolute Gasteiger partial charge is 0.170 e. The highest BCUT2D eigenvalue weighted by Crippen LogP contribution is 2.42. The minimum absolute atomic E-state index is 0.0116. The molecule has 1 saturated carbocycles. The van der Waals surface area contributed by atoms with Crippen LogP contribution in [0.2, 0.25) is 0 Å². The van der Waals surface area contributed by atoms with Gasteiger partial charge in [-0.2, -0.15) is 0 Å². The molecule has 2 nitrogen and oxygen atoms in total. The SMILES string of the molecule is CCOc1cc2oc3cc(C4CCC4)c(F)c(F)c3c2cc1F. The number of hydrogen-bond acceptors (Lipinski definition) is 2. The molecule has 1 aliphatic rings. The molecule has 1 fully saturated rings. The van der Waals surface area contributed by atoms with Gasteiger partial charge in [-0.3, -0.25) is 0 Å². The van der Waals surface area contributed by atoms with Crippen LogP contribution in [0.4, 0.5) is 13.2 Å². The predicted octanol–water partition coefficient (Wildman–Crippen LogP) is 5.67. The molecule has 0 amide bonds. The highest BCUT2D eigenvalue weighted by atomic mass is 19.2. The second-order valence-electron chi connectivity index (χ2n) is 5.91. The van der Waals surface area contributed by atoms with E-state index in [1.54, 1.807) is 13.0 Å². The Hall–Kier alpha value is -2.17. The van der Waals surface area contributed by atoms with Crippen molar-refractivity contribution in [2.24, 2.45) is 0 Å². The van der Waals surface area contributed by atoms with Crippen LogP contribution >= 0.6 is 0 Å². The van der Waals surface area contributed by atoms with Crippen LogP contribution < -0.4 is 4.74 Å². The molecule has 5 heteroatoms. The molecule has 0 spiro atoms. The molecule has 3 aromatic rings. The average Bonchev–Trinajstić information content (AvgIpc) is 2.80. The van der Waals surface area contributed by atoms with E-state index in [1.165, 1.54) is 6.07 Å². The molecule has 0 saturated heterocycles. The van der Waals surface area contributed by atoms with Crippen LogP contribution in [0.15, 0.2) is 22.6 Å². The lowest BCUT2D eigenvalue weighted by Crippen LogP contribution is -2.11. The fraction of sp³-hybridized carbons (Fsp3) is 0.333. The minimum atomic E-state index is -0.966. The fourth-order valence-electron chi connectivity index (χ4n) is 3.17. The number of ether oxygens (including phenoxy) is 1. The van der Waals surface area contributed by atoms with E-state index in [9.17, 15) is 13.2 Å². The molecule has 0 aliphatic heterocycles. The van der Waals surface area contributed by atoms with Crippen LogP contribution in [0.5, 0.6) is 5.75 Å². The van der Waals surface area contributed by atoms with Crippen LogP contribution in [0.1, 0.15) is 37.7 Å². The van der Waals surface area contributed by atoms with Crippen molar-refractivity contribution in [3.05, 3.63) is 41.2 Å². The minimum Gasteiger partial charge on any atom is -0.491 e. The van der Waals surface area contributed by atoms with Gasteiger partial charge in [-0.05, 0) is 43.4 Å². The largest absolute Gasteiger partial charge is 0.491 e. The third-order valence-corrected chi connectivity index (χ3v) is 4.57. The van der Waals surface area contributed by atoms with Crippen molar-refractivity contribution >= 4 is 21.9 Å². The summed E-state index contributed by atoms with van der Waals surface area (Å²) in [5, 5.41) is 0.208. The summed E-state index contributed by atoms with van der Waals surface area (Å²) < 4.78 is 53.8. The van der Waals surface area contributed by atoms with Gasteiger partial charge in [0.2, 0.25) is 0 Å². The van der Waals surface area contributed by atoms with Crippen LogP contribution in [-0.4, -0.2) is 6.61 Å². The van der Waals surface area contributed by atoms with Crippen molar-refractivity contribution in [1.29, 1.82) is 0 Å². The number of fused-ring (bicyclic) bond motifs is 3. The Labute approximate surface area is 130 Å². The zero-order valence-electron chi connectivity index (χ0n) is 12.6. The first kappa shape index (κ1) is 14.4. The van der Waals surface area contributed by atoms with E-state index in [0.29, 0.717) is 12.2 Å². The van der Waals surface area contributed by atoms with Gasteiger partial charge in [0, 0.05) is 11.5 Å². The summed E-state index contributed by atoms with van der Waals surface area (Å²) in [6, 6.07) is 4.07. The van der Waals surface area contributed by atoms with Crippen molar-refractivity contribution in [2.45, 2.75) is 32.1 Å². The van der Waals surface area contributed by atoms with E-state index in [1.807, 2.05) is 0 Å². The second-order valence-corrected chi connectivity index (χ2v) is 5.91. The maximum atomic E-state index is 14.5. The zero-order chi connectivity index (χ0) is 16.1. The standard InChI is InChI=1S/C18H15F3O2/c1-2-22-14-8-13-11(6-12(14)19)16-15(23-13)7-10(9-4-3-5-9)17(20)18(16)21/h6-9H,2-5H2,1H3. The summed E-state index contributed by atoms with van der Waals surface area (Å²) in [7, 11) is 0. The molecule has 1 aliphatic carbocycles. The first-order valence-corrected chi connectivity index (χ1v) is 7.76. The zero-order valence-corrected chi connectivity index (χ0v) is 12.6. The molecule has 0 N–H and O–H groups in total. The number of furan rings is 1. The van der Waals surface area contributed by atoms with Crippen molar-refractivity contribution in [3.8, 4) is 5.75 Å². The summed E-state index contributed by atoms with van der Waals surface area (Å²) in [6.45, 7) is 2.04. The van der Waals surface area contributed by atoms with Gasteiger partial charge in [-0.25, -0.2) is 13.2 Å². The van der Waals surface area contributed by atoms with Crippen molar-refractivity contribution in [2.75, 3.05) is 6.61 Å². The van der Waals surface area contributed by atoms with Gasteiger partial charge >= 0.3 is 0 Å². The predicted molar refractivity (Wildman–Crippen MR) is 81.4 cm³/mol. The summed E-state index contributed by atoms with van der Waals surface area (Å²) in [5.41, 5.74) is 0.883. The van der Waals surface area contributed by atoms with Gasteiger partial charge in [0.05, 0.1) is 12.0 Å². The van der Waals surface area contributed by atoms with Crippen molar-refractivity contribution in [3.63, 3.8) is 0 Å². The van der Waals surface area contributed by atoms with Crippen LogP contribution in [0.3, 0.4) is 0 Å². The molecule has 1 aromatic heterocycles. The maximum absolute atomic E-state index is 14.5. The number of halogens is 3. The summed E-state index contributed by atoms with van der Waals surface area (Å²) in [4.78, 5) is 0. The first-order valence-electron chi connectivity index (χ1n) is 7.76. The number of benzene rings is 2. The Morgan fingerprint density at radius 1 is 1.09 bits per heavy atom. The lowest BCUT2D eigenvalue weighted by atomic mass is 9.79. The van der Waals surface area contributed by atoms with Gasteiger partial charge < -0.3 is 9.15 Å². The monoisotopic (exact) mass is 320 g/mol. The van der Waals surface area contributed by atoms with E-state index in [4.69, 9.17) is 9.15 Å². The molecule has 0 bridgehead atoms. The number of hydrogen-bond donors (Lipinski definition) is 0. The first-order chi connectivity index (χ1) is 11.1. The molecular weight excluding hydrogens is 305 g/mol. The third-order valence-electron chi connectivity index (χ3n) is 4.57. The molecule has 2 aromatic carbocycles. The summed E-state index contributed by atoms with van der Waals surface area (Å²) in [6.07, 6.45) is 2.73. The Balaban J connectivity index is 1.99. The maximum Gasteiger partial charge on any atom is 0.170 e. The summed E-state index contributed by atoms with van der Waals surface area (Å²) in [5.74, 6) is -2.35. The van der Waals surface area contributed by atoms with Gasteiger partial charge in [-0.15, -0.1) is 0 Å². The quantitative estimate of drug-likeness (QED) is 0.620. The fourth-order valence-corrected chi connectivity index (χ4v) is 3.17. The van der Waals surface area contributed by atoms with E-state index in [0.717, 1.165) is 25.3 Å². The average molecular weight is 320 g/mol. The van der Waals surface area contributed by atoms with Gasteiger partial charge in [-0.1, -0.05) is 6.42 Å². The molecule has 0 radical (unpaired) electrons. The molecule has 0 unspecified atom stereocenters. The third kappa shape index (κ3) is 2.10. The lowest BCUT2D eigenvalue weighted by Gasteiger charge is -2.26. The van der Waals surface area contributed by atoms with Crippen molar-refractivity contribution < 1.29 is 22.3 Å². The molecule has 120 valence electrons. The lowest BCUT2D eigenvalue weighted by molar-refractivity contribution is 0.322. The van der Waals surface area contributed by atoms with Crippen LogP contribution in [-0.2, 0) is 0 Å². The van der Waals surface area contributed by atoms with E-state index >= 15 is 0 Å². The number of rotatable bonds is 3. The molecule has 4 rings (SSSR count). The second kappa shape index (κ2) is 5.18. The molecular formula is C18H15F3O2. The van der Waals surface area contributed by atoms with Gasteiger partial charge in [0.1, 0.15) is 11.2 Å². The molecule has 23 heavy (non-hydrogen) atoms. The van der Waals surface area contributed by atoms with Crippen LogP contribution in [0, 0.1) is 17.5 Å². The highest BCUT2D eigenvalue weighted by molar-refractivity contribution is 6.05. The normalized spacial score (nSPS) is 15.3. The Kier molecular flexibility index (Phi) is 3.25. The van der Waals surface area contributed by atoms with Gasteiger partial charge in [0.15, 0.2) is 23.2 Å². The van der Waals surface area contributed by atoms with E-state index < -0.39 is 17.5 Å². The van der Waals surface area contributed by atoms with E-state index in [2.05, 4.69) is 0 Å². The Morgan fingerprint density at radius 3 is 2.52 bits per heavy atom. The summed E-state index contributed by atoms with van der Waals surface area (Å²) >= 11 is 0. The topological polar surface area (TPSA) is 22.4 Å². The Bertz CT molecular complexity index is 910. The van der Waals surface area contributed by atoms with E-state index in [-0.39, 0.29) is 33.6 Å². The van der Waals surface area contributed by atoms with Crippen molar-refractivity contribution in [1.82, 2.24) is 0 Å². The van der Waals surface area contributed by atoms with Gasteiger partial charge in [0.25, 0.3) is 0 Å². The van der Waals surface area contributed by atoms with Crippen LogP contribution in [0.25, 0.3) is 21.9 Å². The molecule has 1 heterocycles. The Morgan fingerprint density at radius 2 is 1.87 bits per heavy atom. The highest BCUT2D eigenvalue weighted by Gasteiger charge is 2.28.